The van der Waals surface area contributed by atoms with Crippen LogP contribution in [0.2, 0.25) is 0 Å². The molecule has 1 rings (SSSR count). The van der Waals surface area contributed by atoms with Gasteiger partial charge in [-0.2, -0.15) is 0 Å². The molecule has 1 aromatic rings. The third-order valence-corrected chi connectivity index (χ3v) is 3.04. The molecule has 96 valence electrons. The zero-order valence-electron chi connectivity index (χ0n) is 11.2. The fourth-order valence-corrected chi connectivity index (χ4v) is 1.48. The van der Waals surface area contributed by atoms with Gasteiger partial charge >= 0.3 is 0 Å². The molecular weight excluding hydrogens is 214 g/mol. The first kappa shape index (κ1) is 14.0. The van der Waals surface area contributed by atoms with E-state index in [4.69, 9.17) is 15.2 Å². The molecule has 3 nitrogen and oxygen atoms in total. The molecule has 0 aliphatic heterocycles. The summed E-state index contributed by atoms with van der Waals surface area (Å²) in [7, 11) is 1.66. The van der Waals surface area contributed by atoms with E-state index in [1.807, 2.05) is 24.3 Å². The van der Waals surface area contributed by atoms with E-state index in [1.165, 1.54) is 0 Å². The van der Waals surface area contributed by atoms with Gasteiger partial charge in [0.1, 0.15) is 5.75 Å². The summed E-state index contributed by atoms with van der Waals surface area (Å²) in [5.41, 5.74) is 6.99. The minimum atomic E-state index is -0.156. The van der Waals surface area contributed by atoms with Crippen molar-refractivity contribution < 1.29 is 9.47 Å². The summed E-state index contributed by atoms with van der Waals surface area (Å²) < 4.78 is 11.1. The molecule has 0 amide bonds. The van der Waals surface area contributed by atoms with Gasteiger partial charge in [-0.05, 0) is 26.3 Å². The van der Waals surface area contributed by atoms with Gasteiger partial charge in [0, 0.05) is 5.56 Å². The Balaban J connectivity index is 2.67. The third kappa shape index (κ3) is 4.02. The molecule has 0 bridgehead atoms. The number of benzene rings is 1. The molecule has 0 aliphatic carbocycles. The van der Waals surface area contributed by atoms with Crippen LogP contribution < -0.4 is 10.5 Å². The van der Waals surface area contributed by atoms with E-state index in [-0.39, 0.29) is 11.6 Å². The number of hydrogen-bond donors (Lipinski definition) is 1. The quantitative estimate of drug-likeness (QED) is 0.827. The summed E-state index contributed by atoms with van der Waals surface area (Å²) in [6.07, 6.45) is 0.964. The van der Waals surface area contributed by atoms with Crippen molar-refractivity contribution in [3.05, 3.63) is 29.8 Å². The second-order valence-corrected chi connectivity index (χ2v) is 4.77. The Bertz CT molecular complexity index is 350. The lowest BCUT2D eigenvalue weighted by atomic mass is 10.0. The smallest absolute Gasteiger partial charge is 0.123 e. The molecule has 0 saturated carbocycles. The molecule has 0 saturated heterocycles. The van der Waals surface area contributed by atoms with E-state index in [2.05, 4.69) is 20.8 Å². The van der Waals surface area contributed by atoms with Crippen molar-refractivity contribution in [3.8, 4) is 5.75 Å². The first-order chi connectivity index (χ1) is 8.00. The average Bonchev–Trinajstić information content (AvgIpc) is 2.36. The molecule has 17 heavy (non-hydrogen) atoms. The van der Waals surface area contributed by atoms with E-state index in [9.17, 15) is 0 Å². The van der Waals surface area contributed by atoms with Crippen LogP contribution >= 0.6 is 0 Å². The molecule has 1 aromatic carbocycles. The number of nitrogens with two attached hydrogens (primary N) is 1. The molecule has 1 unspecified atom stereocenters. The molecule has 2 N–H and O–H groups in total. The highest BCUT2D eigenvalue weighted by Crippen LogP contribution is 2.25. The summed E-state index contributed by atoms with van der Waals surface area (Å²) >= 11 is 0. The fourth-order valence-electron chi connectivity index (χ4n) is 1.48. The Morgan fingerprint density at radius 2 is 1.94 bits per heavy atom. The van der Waals surface area contributed by atoms with Crippen LogP contribution in [-0.2, 0) is 4.74 Å². The van der Waals surface area contributed by atoms with Gasteiger partial charge < -0.3 is 15.2 Å². The zero-order chi connectivity index (χ0) is 12.9. The van der Waals surface area contributed by atoms with Crippen molar-refractivity contribution in [2.75, 3.05) is 13.7 Å². The average molecular weight is 237 g/mol. The maximum absolute atomic E-state index is 6.13. The van der Waals surface area contributed by atoms with Crippen LogP contribution in [0.15, 0.2) is 24.3 Å². The Morgan fingerprint density at radius 1 is 1.29 bits per heavy atom. The Kier molecular flexibility index (Phi) is 4.97. The second-order valence-electron chi connectivity index (χ2n) is 4.77. The van der Waals surface area contributed by atoms with Crippen molar-refractivity contribution in [1.82, 2.24) is 0 Å². The number of para-hydroxylation sites is 1. The predicted molar refractivity (Wildman–Crippen MR) is 70.2 cm³/mol. The van der Waals surface area contributed by atoms with Gasteiger partial charge in [0.15, 0.2) is 0 Å². The Hall–Kier alpha value is -1.06. The third-order valence-electron chi connectivity index (χ3n) is 3.04. The largest absolute Gasteiger partial charge is 0.496 e. The van der Waals surface area contributed by atoms with Crippen molar-refractivity contribution in [1.29, 1.82) is 0 Å². The van der Waals surface area contributed by atoms with Crippen LogP contribution in [-0.4, -0.2) is 19.3 Å². The second kappa shape index (κ2) is 6.03. The number of ether oxygens (including phenoxy) is 2. The maximum Gasteiger partial charge on any atom is 0.123 e. The minimum absolute atomic E-state index is 0.125. The lowest BCUT2D eigenvalue weighted by Gasteiger charge is -2.26. The standard InChI is InChI=1S/C14H23NO2/c1-5-14(2,3)17-10-12(15)11-8-6-7-9-13(11)16-4/h6-9,12H,5,10,15H2,1-4H3. The van der Waals surface area contributed by atoms with Gasteiger partial charge in [-0.25, -0.2) is 0 Å². The van der Waals surface area contributed by atoms with E-state index in [1.54, 1.807) is 7.11 Å². The summed E-state index contributed by atoms with van der Waals surface area (Å²) in [5, 5.41) is 0. The van der Waals surface area contributed by atoms with Crippen molar-refractivity contribution in [3.63, 3.8) is 0 Å². The first-order valence-electron chi connectivity index (χ1n) is 6.02. The number of hydrogen-bond acceptors (Lipinski definition) is 3. The van der Waals surface area contributed by atoms with Gasteiger partial charge in [0.05, 0.1) is 25.4 Å². The minimum Gasteiger partial charge on any atom is -0.496 e. The topological polar surface area (TPSA) is 44.5 Å². The van der Waals surface area contributed by atoms with Crippen LogP contribution in [0.3, 0.4) is 0 Å². The van der Waals surface area contributed by atoms with Gasteiger partial charge in [0.25, 0.3) is 0 Å². The highest BCUT2D eigenvalue weighted by Gasteiger charge is 2.19. The Labute approximate surface area is 104 Å². The van der Waals surface area contributed by atoms with E-state index < -0.39 is 0 Å². The van der Waals surface area contributed by atoms with E-state index >= 15 is 0 Å². The normalized spacial score (nSPS) is 13.5. The van der Waals surface area contributed by atoms with E-state index in [0.29, 0.717) is 6.61 Å². The van der Waals surface area contributed by atoms with Gasteiger partial charge in [-0.15, -0.1) is 0 Å². The van der Waals surface area contributed by atoms with Crippen LogP contribution in [0.25, 0.3) is 0 Å². The molecule has 0 spiro atoms. The monoisotopic (exact) mass is 237 g/mol. The summed E-state index contributed by atoms with van der Waals surface area (Å²) in [4.78, 5) is 0. The molecule has 0 aliphatic rings. The summed E-state index contributed by atoms with van der Waals surface area (Å²) in [5.74, 6) is 0.818. The van der Waals surface area contributed by atoms with Gasteiger partial charge in [-0.1, -0.05) is 25.1 Å². The predicted octanol–water partition coefficient (Wildman–Crippen LogP) is 2.90. The summed E-state index contributed by atoms with van der Waals surface area (Å²) in [6.45, 7) is 6.75. The van der Waals surface area contributed by atoms with Crippen molar-refractivity contribution in [2.24, 2.45) is 5.73 Å². The summed E-state index contributed by atoms with van der Waals surface area (Å²) in [6, 6.07) is 7.64. The highest BCUT2D eigenvalue weighted by atomic mass is 16.5. The molecule has 0 fully saturated rings. The van der Waals surface area contributed by atoms with Crippen molar-refractivity contribution >= 4 is 0 Å². The SMILES string of the molecule is CCC(C)(C)OCC(N)c1ccccc1OC. The van der Waals surface area contributed by atoms with Gasteiger partial charge in [0.2, 0.25) is 0 Å². The van der Waals surface area contributed by atoms with Crippen molar-refractivity contribution in [2.45, 2.75) is 38.8 Å². The number of rotatable bonds is 6. The lowest BCUT2D eigenvalue weighted by molar-refractivity contribution is -0.0269. The maximum atomic E-state index is 6.13. The zero-order valence-corrected chi connectivity index (χ0v) is 11.2. The Morgan fingerprint density at radius 3 is 2.53 bits per heavy atom. The molecular formula is C14H23NO2. The van der Waals surface area contributed by atoms with Gasteiger partial charge in [-0.3, -0.25) is 0 Å². The van der Waals surface area contributed by atoms with Crippen LogP contribution in [0.4, 0.5) is 0 Å². The van der Waals surface area contributed by atoms with Crippen LogP contribution in [0, 0.1) is 0 Å². The molecule has 0 aromatic heterocycles. The molecule has 1 atom stereocenters. The highest BCUT2D eigenvalue weighted by molar-refractivity contribution is 5.35. The molecule has 0 heterocycles. The number of methoxy groups -OCH3 is 1. The van der Waals surface area contributed by atoms with Crippen LogP contribution in [0.5, 0.6) is 5.75 Å². The van der Waals surface area contributed by atoms with Crippen LogP contribution in [0.1, 0.15) is 38.8 Å². The molecule has 0 radical (unpaired) electrons. The first-order valence-corrected chi connectivity index (χ1v) is 6.02. The van der Waals surface area contributed by atoms with E-state index in [0.717, 1.165) is 17.7 Å². The fraction of sp³-hybridized carbons (Fsp3) is 0.571. The molecule has 3 heteroatoms. The lowest BCUT2D eigenvalue weighted by Crippen LogP contribution is -2.28.